The van der Waals surface area contributed by atoms with Crippen molar-refractivity contribution >= 4 is 29.2 Å². The number of thiocarbonyl (C=S) groups is 1. The van der Waals surface area contributed by atoms with Gasteiger partial charge in [-0.2, -0.15) is 5.10 Å². The van der Waals surface area contributed by atoms with Gasteiger partial charge in [0.2, 0.25) is 0 Å². The normalized spacial score (nSPS) is 10.8. The fraction of sp³-hybridized carbons (Fsp3) is 0.263. The van der Waals surface area contributed by atoms with Gasteiger partial charge in [0.05, 0.1) is 20.4 Å². The monoisotopic (exact) mass is 357 g/mol. The first kappa shape index (κ1) is 18.7. The van der Waals surface area contributed by atoms with E-state index >= 15 is 0 Å². The molecule has 0 saturated carbocycles. The Balaban J connectivity index is 1.97. The Morgan fingerprint density at radius 3 is 2.40 bits per heavy atom. The maximum absolute atomic E-state index is 5.36. The van der Waals surface area contributed by atoms with Crippen molar-refractivity contribution < 1.29 is 9.47 Å². The topological polar surface area (TPSA) is 54.9 Å². The Morgan fingerprint density at radius 1 is 1.08 bits per heavy atom. The molecule has 2 N–H and O–H groups in total. The lowest BCUT2D eigenvalue weighted by Gasteiger charge is -2.10. The third kappa shape index (κ3) is 5.19. The van der Waals surface area contributed by atoms with E-state index in [4.69, 9.17) is 21.7 Å². The third-order valence-corrected chi connectivity index (χ3v) is 3.83. The summed E-state index contributed by atoms with van der Waals surface area (Å²) in [5.41, 5.74) is 5.79. The molecule has 0 saturated heterocycles. The lowest BCUT2D eigenvalue weighted by atomic mass is 10.0. The van der Waals surface area contributed by atoms with Crippen LogP contribution in [0.4, 0.5) is 5.69 Å². The van der Waals surface area contributed by atoms with E-state index in [1.165, 1.54) is 5.56 Å². The zero-order chi connectivity index (χ0) is 18.2. The molecule has 2 aromatic carbocycles. The Bertz CT molecular complexity index is 743. The predicted octanol–water partition coefficient (Wildman–Crippen LogP) is 4.15. The highest BCUT2D eigenvalue weighted by Crippen LogP contribution is 2.29. The summed E-state index contributed by atoms with van der Waals surface area (Å²) >= 11 is 5.25. The second-order valence-corrected chi connectivity index (χ2v) is 6.09. The highest BCUT2D eigenvalue weighted by atomic mass is 32.1. The van der Waals surface area contributed by atoms with E-state index in [1.54, 1.807) is 20.4 Å². The smallest absolute Gasteiger partial charge is 0.191 e. The summed E-state index contributed by atoms with van der Waals surface area (Å²) in [4.78, 5) is 0. The standard InChI is InChI=1S/C19H23N3O2S/c1-13(2)14-8-10-16(11-9-14)21-19(25)22-20-12-15-6-5-7-17(23-3)18(15)24-4/h5-13H,1-4H3,(H2,21,22,25)/b20-12+. The van der Waals surface area contributed by atoms with Crippen molar-refractivity contribution in [3.05, 3.63) is 53.6 Å². The molecule has 25 heavy (non-hydrogen) atoms. The predicted molar refractivity (Wildman–Crippen MR) is 107 cm³/mol. The Labute approximate surface area is 154 Å². The maximum Gasteiger partial charge on any atom is 0.191 e. The van der Waals surface area contributed by atoms with Gasteiger partial charge < -0.3 is 14.8 Å². The van der Waals surface area contributed by atoms with Gasteiger partial charge in [0.1, 0.15) is 0 Å². The van der Waals surface area contributed by atoms with Crippen LogP contribution in [-0.2, 0) is 0 Å². The fourth-order valence-corrected chi connectivity index (χ4v) is 2.46. The van der Waals surface area contributed by atoms with Gasteiger partial charge in [-0.25, -0.2) is 0 Å². The van der Waals surface area contributed by atoms with Crippen molar-refractivity contribution in [1.29, 1.82) is 0 Å². The average Bonchev–Trinajstić information content (AvgIpc) is 2.61. The molecule has 0 aliphatic carbocycles. The summed E-state index contributed by atoms with van der Waals surface area (Å²) in [7, 11) is 3.19. The SMILES string of the molecule is COc1cccc(/C=N/NC(=S)Nc2ccc(C(C)C)cc2)c1OC. The van der Waals surface area contributed by atoms with Gasteiger partial charge in [-0.1, -0.05) is 32.0 Å². The van der Waals surface area contributed by atoms with Crippen LogP contribution in [0.3, 0.4) is 0 Å². The number of hydrogen-bond donors (Lipinski definition) is 2. The van der Waals surface area contributed by atoms with Crippen LogP contribution in [0.5, 0.6) is 11.5 Å². The van der Waals surface area contributed by atoms with Gasteiger partial charge in [-0.3, -0.25) is 5.43 Å². The molecule has 0 atom stereocenters. The molecule has 0 bridgehead atoms. The number of para-hydroxylation sites is 1. The van der Waals surface area contributed by atoms with Gasteiger partial charge in [-0.15, -0.1) is 0 Å². The van der Waals surface area contributed by atoms with Crippen molar-refractivity contribution in [2.45, 2.75) is 19.8 Å². The molecule has 0 spiro atoms. The zero-order valence-corrected chi connectivity index (χ0v) is 15.7. The molecule has 0 unspecified atom stereocenters. The van der Waals surface area contributed by atoms with Gasteiger partial charge in [0.15, 0.2) is 16.6 Å². The lowest BCUT2D eigenvalue weighted by molar-refractivity contribution is 0.354. The van der Waals surface area contributed by atoms with Crippen molar-refractivity contribution in [1.82, 2.24) is 5.43 Å². The van der Waals surface area contributed by atoms with E-state index in [1.807, 2.05) is 30.3 Å². The molecule has 0 radical (unpaired) electrons. The molecule has 2 aromatic rings. The van der Waals surface area contributed by atoms with Crippen LogP contribution >= 0.6 is 12.2 Å². The fourth-order valence-electron chi connectivity index (χ4n) is 2.28. The van der Waals surface area contributed by atoms with E-state index in [0.29, 0.717) is 22.5 Å². The molecule has 2 rings (SSSR count). The molecular weight excluding hydrogens is 334 g/mol. The number of nitrogens with zero attached hydrogens (tertiary/aromatic N) is 1. The molecule has 0 aromatic heterocycles. The minimum atomic E-state index is 0.412. The van der Waals surface area contributed by atoms with Gasteiger partial charge >= 0.3 is 0 Å². The van der Waals surface area contributed by atoms with Crippen molar-refractivity contribution in [2.24, 2.45) is 5.10 Å². The molecule has 132 valence electrons. The minimum absolute atomic E-state index is 0.412. The van der Waals surface area contributed by atoms with Crippen molar-refractivity contribution in [2.75, 3.05) is 19.5 Å². The molecule has 0 fully saturated rings. The van der Waals surface area contributed by atoms with Crippen LogP contribution in [0, 0.1) is 0 Å². The Hall–Kier alpha value is -2.60. The van der Waals surface area contributed by atoms with E-state index in [9.17, 15) is 0 Å². The number of ether oxygens (including phenoxy) is 2. The maximum atomic E-state index is 5.36. The molecule has 6 heteroatoms. The number of benzene rings is 2. The largest absolute Gasteiger partial charge is 0.493 e. The number of nitrogens with one attached hydrogen (secondary N) is 2. The second-order valence-electron chi connectivity index (χ2n) is 5.68. The summed E-state index contributed by atoms with van der Waals surface area (Å²) < 4.78 is 10.6. The van der Waals surface area contributed by atoms with E-state index < -0.39 is 0 Å². The lowest BCUT2D eigenvalue weighted by Crippen LogP contribution is -2.23. The summed E-state index contributed by atoms with van der Waals surface area (Å²) in [6.45, 7) is 4.33. The highest BCUT2D eigenvalue weighted by Gasteiger charge is 2.07. The summed E-state index contributed by atoms with van der Waals surface area (Å²) in [5.74, 6) is 1.78. The highest BCUT2D eigenvalue weighted by molar-refractivity contribution is 7.80. The van der Waals surface area contributed by atoms with Crippen LogP contribution in [0.15, 0.2) is 47.6 Å². The first-order valence-corrected chi connectivity index (χ1v) is 8.37. The molecular formula is C19H23N3O2S. The minimum Gasteiger partial charge on any atom is -0.493 e. The van der Waals surface area contributed by atoms with E-state index in [-0.39, 0.29) is 0 Å². The number of methoxy groups -OCH3 is 2. The quantitative estimate of drug-likeness (QED) is 0.462. The number of rotatable bonds is 6. The third-order valence-electron chi connectivity index (χ3n) is 3.64. The summed E-state index contributed by atoms with van der Waals surface area (Å²) in [6, 6.07) is 13.7. The van der Waals surface area contributed by atoms with Gasteiger partial charge in [0.25, 0.3) is 0 Å². The second kappa shape index (κ2) is 9.03. The molecule has 5 nitrogen and oxygen atoms in total. The zero-order valence-electron chi connectivity index (χ0n) is 14.9. The number of hydrogen-bond acceptors (Lipinski definition) is 4. The Kier molecular flexibility index (Phi) is 6.77. The summed E-state index contributed by atoms with van der Waals surface area (Å²) in [5, 5.41) is 7.66. The average molecular weight is 357 g/mol. The van der Waals surface area contributed by atoms with Crippen LogP contribution in [0.2, 0.25) is 0 Å². The molecule has 0 heterocycles. The van der Waals surface area contributed by atoms with E-state index in [0.717, 1.165) is 11.3 Å². The van der Waals surface area contributed by atoms with Gasteiger partial charge in [0, 0.05) is 11.3 Å². The van der Waals surface area contributed by atoms with Crippen molar-refractivity contribution in [3.63, 3.8) is 0 Å². The molecule has 0 aliphatic heterocycles. The van der Waals surface area contributed by atoms with Crippen LogP contribution in [-0.4, -0.2) is 25.5 Å². The Morgan fingerprint density at radius 2 is 1.80 bits per heavy atom. The first-order chi connectivity index (χ1) is 12.0. The molecule has 0 aliphatic rings. The van der Waals surface area contributed by atoms with Crippen LogP contribution < -0.4 is 20.2 Å². The first-order valence-electron chi connectivity index (χ1n) is 7.96. The number of anilines is 1. The summed E-state index contributed by atoms with van der Waals surface area (Å²) in [6.07, 6.45) is 1.64. The van der Waals surface area contributed by atoms with Crippen LogP contribution in [0.1, 0.15) is 30.9 Å². The van der Waals surface area contributed by atoms with E-state index in [2.05, 4.69) is 41.8 Å². The van der Waals surface area contributed by atoms with Crippen molar-refractivity contribution in [3.8, 4) is 11.5 Å². The van der Waals surface area contributed by atoms with Crippen LogP contribution in [0.25, 0.3) is 0 Å². The molecule has 0 amide bonds. The number of hydrazone groups is 1. The van der Waals surface area contributed by atoms with Gasteiger partial charge in [-0.05, 0) is 48.0 Å².